The van der Waals surface area contributed by atoms with Crippen molar-refractivity contribution in [3.8, 4) is 0 Å². The Labute approximate surface area is 138 Å². The second kappa shape index (κ2) is 5.10. The maximum atomic E-state index is 12.0. The average Bonchev–Trinajstić information content (AvgIpc) is 2.99. The predicted molar refractivity (Wildman–Crippen MR) is 92.8 cm³/mol. The van der Waals surface area contributed by atoms with E-state index >= 15 is 0 Å². The molecule has 0 spiro atoms. The van der Waals surface area contributed by atoms with Crippen molar-refractivity contribution < 1.29 is 9.53 Å². The van der Waals surface area contributed by atoms with Crippen LogP contribution >= 0.6 is 0 Å². The molecule has 0 amide bonds. The lowest BCUT2D eigenvalue weighted by molar-refractivity contribution is -0.142. The van der Waals surface area contributed by atoms with Gasteiger partial charge in [0.2, 0.25) is 0 Å². The lowest BCUT2D eigenvalue weighted by atomic mass is 9.76. The topological polar surface area (TPSA) is 41.6 Å². The molecule has 1 aromatic carbocycles. The number of esters is 1. The van der Waals surface area contributed by atoms with Gasteiger partial charge in [-0.1, -0.05) is 39.0 Å². The Morgan fingerprint density at radius 2 is 2.22 bits per heavy atom. The number of hydrogen-bond donors (Lipinski definition) is 1. The zero-order valence-corrected chi connectivity index (χ0v) is 14.6. The van der Waals surface area contributed by atoms with E-state index in [0.717, 1.165) is 6.42 Å². The molecule has 0 radical (unpaired) electrons. The summed E-state index contributed by atoms with van der Waals surface area (Å²) in [7, 11) is 3.53. The van der Waals surface area contributed by atoms with Gasteiger partial charge in [0.05, 0.1) is 13.3 Å². The number of nitrogens with zero attached hydrogens (tertiary/aromatic N) is 1. The molecule has 1 saturated heterocycles. The fraction of sp³-hybridized carbons (Fsp3) is 0.526. The van der Waals surface area contributed by atoms with E-state index in [1.807, 2.05) is 6.08 Å². The van der Waals surface area contributed by atoms with Gasteiger partial charge < -0.3 is 9.64 Å². The van der Waals surface area contributed by atoms with Gasteiger partial charge >= 0.3 is 5.97 Å². The highest BCUT2D eigenvalue weighted by Gasteiger charge is 2.54. The number of likely N-dealkylation sites (N-methyl/N-ethyl adjacent to an activating group) is 1. The summed E-state index contributed by atoms with van der Waals surface area (Å²) in [5.41, 5.74) is 3.61. The number of carbonyl (C=O) groups is 1. The van der Waals surface area contributed by atoms with Crippen LogP contribution in [-0.2, 0) is 20.4 Å². The molecule has 23 heavy (non-hydrogen) atoms. The molecule has 1 fully saturated rings. The number of anilines is 1. The third-order valence-corrected chi connectivity index (χ3v) is 5.71. The van der Waals surface area contributed by atoms with Crippen LogP contribution in [-0.4, -0.2) is 32.3 Å². The summed E-state index contributed by atoms with van der Waals surface area (Å²) in [6.07, 6.45) is 2.85. The molecule has 1 N–H and O–H groups in total. The van der Waals surface area contributed by atoms with Crippen molar-refractivity contribution in [2.45, 2.75) is 50.2 Å². The maximum absolute atomic E-state index is 12.0. The number of carbonyl (C=O) groups excluding carboxylic acids is 1. The van der Waals surface area contributed by atoms with Crippen molar-refractivity contribution in [2.24, 2.45) is 0 Å². The first-order valence-electron chi connectivity index (χ1n) is 8.10. The summed E-state index contributed by atoms with van der Waals surface area (Å²) in [5.74, 6) is -0.182. The number of benzene rings is 1. The number of ether oxygens (including phenoxy) is 1. The van der Waals surface area contributed by atoms with Crippen molar-refractivity contribution >= 4 is 11.7 Å². The zero-order chi connectivity index (χ0) is 17.0. The van der Waals surface area contributed by atoms with E-state index < -0.39 is 0 Å². The van der Waals surface area contributed by atoms with Gasteiger partial charge in [0.15, 0.2) is 0 Å². The van der Waals surface area contributed by atoms with Crippen LogP contribution in [0.25, 0.3) is 0 Å². The van der Waals surface area contributed by atoms with Gasteiger partial charge in [-0.2, -0.15) is 0 Å². The lowest BCUT2D eigenvalue weighted by Crippen LogP contribution is -2.47. The SMILES string of the molecule is C=CC(C)(C)c1ccc2c(c1)[C@]1(C)C[C@@H](C(=O)OC)N[C@@H]1N2C. The van der Waals surface area contributed by atoms with E-state index in [9.17, 15) is 4.79 Å². The van der Waals surface area contributed by atoms with Gasteiger partial charge in [0.1, 0.15) is 6.04 Å². The molecule has 0 aromatic heterocycles. The Bertz CT molecular complexity index is 667. The normalized spacial score (nSPS) is 29.2. The minimum absolute atomic E-state index is 0.0736. The van der Waals surface area contributed by atoms with Gasteiger partial charge in [-0.15, -0.1) is 6.58 Å². The van der Waals surface area contributed by atoms with Crippen molar-refractivity contribution in [3.63, 3.8) is 0 Å². The molecule has 2 heterocycles. The summed E-state index contributed by atoms with van der Waals surface area (Å²) < 4.78 is 4.93. The van der Waals surface area contributed by atoms with Gasteiger partial charge in [-0.05, 0) is 23.6 Å². The Kier molecular flexibility index (Phi) is 3.56. The van der Waals surface area contributed by atoms with Crippen LogP contribution in [0.4, 0.5) is 5.69 Å². The molecule has 3 rings (SSSR count). The Morgan fingerprint density at radius 1 is 1.52 bits per heavy atom. The third-order valence-electron chi connectivity index (χ3n) is 5.71. The van der Waals surface area contributed by atoms with Crippen LogP contribution in [0, 0.1) is 0 Å². The standard InChI is InChI=1S/C19H26N2O2/c1-7-18(2,3)12-8-9-15-13(10-12)19(4)11-14(16(22)23-6)20-17(19)21(15)5/h7-10,14,17,20H,1,11H2,2-6H3/t14-,17+,19-/m0/s1. The van der Waals surface area contributed by atoms with Crippen LogP contribution < -0.4 is 10.2 Å². The van der Waals surface area contributed by atoms with Gasteiger partial charge in [0, 0.05) is 23.6 Å². The first-order chi connectivity index (χ1) is 10.7. The predicted octanol–water partition coefficient (Wildman–Crippen LogP) is 2.72. The summed E-state index contributed by atoms with van der Waals surface area (Å²) >= 11 is 0. The van der Waals surface area contributed by atoms with E-state index in [4.69, 9.17) is 4.74 Å². The lowest BCUT2D eigenvalue weighted by Gasteiger charge is -2.28. The first-order valence-corrected chi connectivity index (χ1v) is 8.10. The highest BCUT2D eigenvalue weighted by atomic mass is 16.5. The number of allylic oxidation sites excluding steroid dienone is 1. The molecule has 2 aliphatic rings. The fourth-order valence-electron chi connectivity index (χ4n) is 4.02. The Hall–Kier alpha value is -1.81. The van der Waals surface area contributed by atoms with E-state index in [1.54, 1.807) is 0 Å². The molecule has 0 saturated carbocycles. The molecular weight excluding hydrogens is 288 g/mol. The molecule has 2 aliphatic heterocycles. The van der Waals surface area contributed by atoms with Crippen LogP contribution in [0.15, 0.2) is 30.9 Å². The minimum Gasteiger partial charge on any atom is -0.468 e. The average molecular weight is 314 g/mol. The summed E-state index contributed by atoms with van der Waals surface area (Å²) in [6.45, 7) is 10.5. The van der Waals surface area contributed by atoms with Crippen molar-refractivity contribution in [1.29, 1.82) is 0 Å². The molecule has 0 unspecified atom stereocenters. The molecule has 3 atom stereocenters. The van der Waals surface area contributed by atoms with E-state index in [-0.39, 0.29) is 29.0 Å². The number of nitrogens with one attached hydrogen (secondary N) is 1. The third kappa shape index (κ3) is 2.19. The number of methoxy groups -OCH3 is 1. The summed E-state index contributed by atoms with van der Waals surface area (Å²) in [5, 5.41) is 3.44. The molecule has 4 nitrogen and oxygen atoms in total. The highest BCUT2D eigenvalue weighted by molar-refractivity contribution is 5.78. The largest absolute Gasteiger partial charge is 0.468 e. The summed E-state index contributed by atoms with van der Waals surface area (Å²) in [6, 6.07) is 6.41. The maximum Gasteiger partial charge on any atom is 0.322 e. The smallest absolute Gasteiger partial charge is 0.322 e. The van der Waals surface area contributed by atoms with Gasteiger partial charge in [0.25, 0.3) is 0 Å². The van der Waals surface area contributed by atoms with Crippen LogP contribution in [0.2, 0.25) is 0 Å². The fourth-order valence-corrected chi connectivity index (χ4v) is 4.02. The molecule has 1 aromatic rings. The van der Waals surface area contributed by atoms with E-state index in [1.165, 1.54) is 23.9 Å². The Balaban J connectivity index is 2.05. The van der Waals surface area contributed by atoms with Crippen LogP contribution in [0.3, 0.4) is 0 Å². The Morgan fingerprint density at radius 3 is 2.83 bits per heavy atom. The van der Waals surface area contributed by atoms with Crippen molar-refractivity contribution in [1.82, 2.24) is 5.32 Å². The second-order valence-corrected chi connectivity index (χ2v) is 7.54. The van der Waals surface area contributed by atoms with Crippen LogP contribution in [0.1, 0.15) is 38.3 Å². The monoisotopic (exact) mass is 314 g/mol. The van der Waals surface area contributed by atoms with Crippen molar-refractivity contribution in [2.75, 3.05) is 19.1 Å². The zero-order valence-electron chi connectivity index (χ0n) is 14.6. The highest BCUT2D eigenvalue weighted by Crippen LogP contribution is 2.50. The molecule has 4 heteroatoms. The number of fused-ring (bicyclic) bond motifs is 3. The summed E-state index contributed by atoms with van der Waals surface area (Å²) in [4.78, 5) is 14.2. The quantitative estimate of drug-likeness (QED) is 0.688. The molecular formula is C19H26N2O2. The number of rotatable bonds is 3. The van der Waals surface area contributed by atoms with Crippen molar-refractivity contribution in [3.05, 3.63) is 42.0 Å². The minimum atomic E-state index is -0.248. The first kappa shape index (κ1) is 16.1. The molecule has 0 aliphatic carbocycles. The number of hydrogen-bond acceptors (Lipinski definition) is 4. The molecule has 0 bridgehead atoms. The van der Waals surface area contributed by atoms with Gasteiger partial charge in [-0.25, -0.2) is 0 Å². The van der Waals surface area contributed by atoms with E-state index in [2.05, 4.69) is 62.8 Å². The second-order valence-electron chi connectivity index (χ2n) is 7.54. The van der Waals surface area contributed by atoms with Crippen LogP contribution in [0.5, 0.6) is 0 Å². The van der Waals surface area contributed by atoms with Gasteiger partial charge in [-0.3, -0.25) is 10.1 Å². The van der Waals surface area contributed by atoms with E-state index in [0.29, 0.717) is 0 Å². The molecule has 124 valence electrons.